The van der Waals surface area contributed by atoms with Gasteiger partial charge >= 0.3 is 0 Å². The molecule has 1 aromatic heterocycles. The number of benzene rings is 1. The van der Waals surface area contributed by atoms with Gasteiger partial charge in [-0.05, 0) is 44.0 Å². The highest BCUT2D eigenvalue weighted by atomic mass is 32.2. The molecule has 24 heavy (non-hydrogen) atoms. The smallest absolute Gasteiger partial charge is 0.252 e. The van der Waals surface area contributed by atoms with Crippen LogP contribution in [0.2, 0.25) is 0 Å². The van der Waals surface area contributed by atoms with Crippen LogP contribution in [0.1, 0.15) is 21.6 Å². The maximum Gasteiger partial charge on any atom is 0.252 e. The van der Waals surface area contributed by atoms with Gasteiger partial charge in [0.2, 0.25) is 0 Å². The van der Waals surface area contributed by atoms with Gasteiger partial charge in [0.15, 0.2) is 0 Å². The van der Waals surface area contributed by atoms with Crippen LogP contribution in [0.15, 0.2) is 34.5 Å². The molecule has 6 heteroatoms. The molecule has 0 saturated carbocycles. The molecule has 1 aromatic carbocycles. The fourth-order valence-corrected chi connectivity index (χ4v) is 5.88. The van der Waals surface area contributed by atoms with Gasteiger partial charge in [-0.25, -0.2) is 8.42 Å². The van der Waals surface area contributed by atoms with E-state index in [9.17, 15) is 8.42 Å². The summed E-state index contributed by atoms with van der Waals surface area (Å²) in [7, 11) is -3.33. The van der Waals surface area contributed by atoms with Crippen molar-refractivity contribution in [1.82, 2.24) is 9.21 Å². The second kappa shape index (κ2) is 6.96. The van der Waals surface area contributed by atoms with E-state index in [0.29, 0.717) is 17.3 Å². The monoisotopic (exact) mass is 364 g/mol. The summed E-state index contributed by atoms with van der Waals surface area (Å²) in [6.07, 6.45) is 0. The number of rotatable bonds is 4. The van der Waals surface area contributed by atoms with Crippen LogP contribution in [0.25, 0.3) is 0 Å². The van der Waals surface area contributed by atoms with Crippen LogP contribution >= 0.6 is 11.3 Å². The largest absolute Gasteiger partial charge is 0.296 e. The molecule has 2 heterocycles. The molecule has 0 N–H and O–H groups in total. The van der Waals surface area contributed by atoms with Crippen LogP contribution < -0.4 is 0 Å². The molecule has 0 radical (unpaired) electrons. The molecule has 0 bridgehead atoms. The second-order valence-corrected chi connectivity index (χ2v) is 9.93. The van der Waals surface area contributed by atoms with Gasteiger partial charge in [0.05, 0.1) is 0 Å². The van der Waals surface area contributed by atoms with E-state index in [4.69, 9.17) is 0 Å². The number of sulfonamides is 1. The van der Waals surface area contributed by atoms with E-state index in [1.54, 1.807) is 10.4 Å². The zero-order valence-electron chi connectivity index (χ0n) is 14.4. The number of piperazine rings is 1. The van der Waals surface area contributed by atoms with Crippen molar-refractivity contribution < 1.29 is 8.42 Å². The van der Waals surface area contributed by atoms with Crippen molar-refractivity contribution >= 4 is 21.4 Å². The minimum Gasteiger partial charge on any atom is -0.296 e. The molecule has 0 amide bonds. The van der Waals surface area contributed by atoms with Gasteiger partial charge in [0, 0.05) is 37.6 Å². The summed E-state index contributed by atoms with van der Waals surface area (Å²) in [5.41, 5.74) is 3.90. The van der Waals surface area contributed by atoms with E-state index in [0.717, 1.165) is 24.5 Å². The highest BCUT2D eigenvalue weighted by Crippen LogP contribution is 2.25. The predicted octanol–water partition coefficient (Wildman–Crippen LogP) is 3.18. The van der Waals surface area contributed by atoms with Crippen LogP contribution in [-0.2, 0) is 16.6 Å². The highest BCUT2D eigenvalue weighted by Gasteiger charge is 2.29. The van der Waals surface area contributed by atoms with Crippen LogP contribution in [-0.4, -0.2) is 43.8 Å². The molecule has 1 aliphatic rings. The highest BCUT2D eigenvalue weighted by molar-refractivity contribution is 7.91. The van der Waals surface area contributed by atoms with E-state index in [-0.39, 0.29) is 0 Å². The van der Waals surface area contributed by atoms with Crippen molar-refractivity contribution in [3.63, 3.8) is 0 Å². The van der Waals surface area contributed by atoms with Crippen LogP contribution in [0.4, 0.5) is 0 Å². The minimum atomic E-state index is -3.33. The van der Waals surface area contributed by atoms with Gasteiger partial charge in [-0.3, -0.25) is 4.90 Å². The minimum absolute atomic E-state index is 0.461. The third kappa shape index (κ3) is 3.72. The fourth-order valence-electron chi connectivity index (χ4n) is 3.02. The van der Waals surface area contributed by atoms with Gasteiger partial charge in [0.1, 0.15) is 4.21 Å². The van der Waals surface area contributed by atoms with Crippen molar-refractivity contribution in [3.8, 4) is 0 Å². The van der Waals surface area contributed by atoms with E-state index < -0.39 is 10.0 Å². The van der Waals surface area contributed by atoms with Crippen molar-refractivity contribution in [2.45, 2.75) is 31.5 Å². The van der Waals surface area contributed by atoms with Crippen molar-refractivity contribution in [2.24, 2.45) is 0 Å². The molecule has 0 aliphatic carbocycles. The SMILES string of the molecule is Cc1ccc(C)c(CN2CCN(S(=O)(=O)c3ccc(C)s3)CC2)c1. The van der Waals surface area contributed by atoms with Crippen molar-refractivity contribution in [1.29, 1.82) is 0 Å². The van der Waals surface area contributed by atoms with E-state index in [1.807, 2.05) is 13.0 Å². The summed E-state index contributed by atoms with van der Waals surface area (Å²) in [5, 5.41) is 0. The average Bonchev–Trinajstić information content (AvgIpc) is 2.99. The fraction of sp³-hybridized carbons (Fsp3) is 0.444. The summed E-state index contributed by atoms with van der Waals surface area (Å²) in [6, 6.07) is 10.1. The standard InChI is InChI=1S/C18H24N2O2S2/c1-14-4-5-15(2)17(12-14)13-19-8-10-20(11-9-19)24(21,22)18-7-6-16(3)23-18/h4-7,12H,8-11,13H2,1-3H3. The Bertz CT molecular complexity index is 819. The first-order valence-corrected chi connectivity index (χ1v) is 10.5. The van der Waals surface area contributed by atoms with E-state index in [2.05, 4.69) is 36.9 Å². The summed E-state index contributed by atoms with van der Waals surface area (Å²) < 4.78 is 27.4. The molecule has 3 rings (SSSR count). The van der Waals surface area contributed by atoms with E-state index >= 15 is 0 Å². The topological polar surface area (TPSA) is 40.6 Å². The summed E-state index contributed by atoms with van der Waals surface area (Å²) in [5.74, 6) is 0. The Balaban J connectivity index is 1.64. The number of nitrogens with zero attached hydrogens (tertiary/aromatic N) is 2. The zero-order chi connectivity index (χ0) is 17.3. The molecule has 1 saturated heterocycles. The number of hydrogen-bond acceptors (Lipinski definition) is 4. The third-order valence-corrected chi connectivity index (χ3v) is 7.91. The summed E-state index contributed by atoms with van der Waals surface area (Å²) >= 11 is 1.35. The molecule has 130 valence electrons. The van der Waals surface area contributed by atoms with Crippen LogP contribution in [0, 0.1) is 20.8 Å². The first-order valence-electron chi connectivity index (χ1n) is 8.21. The molecule has 1 fully saturated rings. The third-order valence-electron chi connectivity index (χ3n) is 4.54. The molecule has 0 atom stereocenters. The molecule has 0 spiro atoms. The van der Waals surface area contributed by atoms with Gasteiger partial charge in [-0.2, -0.15) is 4.31 Å². The van der Waals surface area contributed by atoms with Gasteiger partial charge in [-0.15, -0.1) is 11.3 Å². The lowest BCUT2D eigenvalue weighted by molar-refractivity contribution is 0.181. The lowest BCUT2D eigenvalue weighted by Crippen LogP contribution is -2.48. The second-order valence-electron chi connectivity index (χ2n) is 6.48. The van der Waals surface area contributed by atoms with Crippen LogP contribution in [0.3, 0.4) is 0 Å². The van der Waals surface area contributed by atoms with Gasteiger partial charge in [0.25, 0.3) is 10.0 Å². The van der Waals surface area contributed by atoms with Gasteiger partial charge < -0.3 is 0 Å². The van der Waals surface area contributed by atoms with E-state index in [1.165, 1.54) is 28.0 Å². The lowest BCUT2D eigenvalue weighted by atomic mass is 10.1. The Morgan fingerprint density at radius 1 is 1.00 bits per heavy atom. The summed E-state index contributed by atoms with van der Waals surface area (Å²) in [6.45, 7) is 9.73. The Morgan fingerprint density at radius 3 is 2.33 bits per heavy atom. The quantitative estimate of drug-likeness (QED) is 0.837. The number of hydrogen-bond donors (Lipinski definition) is 0. The van der Waals surface area contributed by atoms with Gasteiger partial charge in [-0.1, -0.05) is 23.8 Å². The molecule has 0 unspecified atom stereocenters. The Hall–Kier alpha value is -1.21. The maximum absolute atomic E-state index is 12.7. The molecule has 1 aliphatic heterocycles. The molecule has 4 nitrogen and oxygen atoms in total. The maximum atomic E-state index is 12.7. The molecular formula is C18H24N2O2S2. The Labute approximate surface area is 148 Å². The molecular weight excluding hydrogens is 340 g/mol. The Morgan fingerprint density at radius 2 is 1.71 bits per heavy atom. The van der Waals surface area contributed by atoms with Crippen LogP contribution in [0.5, 0.6) is 0 Å². The lowest BCUT2D eigenvalue weighted by Gasteiger charge is -2.34. The average molecular weight is 365 g/mol. The normalized spacial score (nSPS) is 17.3. The Kier molecular flexibility index (Phi) is 5.11. The van der Waals surface area contributed by atoms with Crippen molar-refractivity contribution in [3.05, 3.63) is 51.9 Å². The first kappa shape index (κ1) is 17.6. The number of thiophene rings is 1. The molecule has 2 aromatic rings. The number of aryl methyl sites for hydroxylation is 3. The zero-order valence-corrected chi connectivity index (χ0v) is 16.1. The first-order chi connectivity index (χ1) is 11.4. The summed E-state index contributed by atoms with van der Waals surface area (Å²) in [4.78, 5) is 3.37. The van der Waals surface area contributed by atoms with Crippen molar-refractivity contribution in [2.75, 3.05) is 26.2 Å². The predicted molar refractivity (Wildman–Crippen MR) is 99.0 cm³/mol.